The van der Waals surface area contributed by atoms with Crippen LogP contribution in [0, 0.1) is 5.82 Å². The maximum Gasteiger partial charge on any atom is 0.167 e. The normalized spacial score (nSPS) is 11.6. The summed E-state index contributed by atoms with van der Waals surface area (Å²) in [5.41, 5.74) is 0.595. The van der Waals surface area contributed by atoms with Crippen molar-refractivity contribution in [2.75, 3.05) is 0 Å². The van der Waals surface area contributed by atoms with Gasteiger partial charge in [0, 0.05) is 18.2 Å². The van der Waals surface area contributed by atoms with E-state index in [0.717, 1.165) is 0 Å². The van der Waals surface area contributed by atoms with E-state index in [-0.39, 0.29) is 11.9 Å². The molecule has 86 valence electrons. The van der Waals surface area contributed by atoms with Crippen molar-refractivity contribution in [1.29, 1.82) is 0 Å². The van der Waals surface area contributed by atoms with Crippen LogP contribution < -0.4 is 10.6 Å². The number of hydrogen-bond donors (Lipinski definition) is 2. The summed E-state index contributed by atoms with van der Waals surface area (Å²) < 4.78 is 13.2. The third kappa shape index (κ3) is 3.98. The van der Waals surface area contributed by atoms with Crippen molar-refractivity contribution in [3.8, 4) is 0 Å². The number of halogens is 1. The van der Waals surface area contributed by atoms with E-state index < -0.39 is 0 Å². The number of rotatable bonds is 4. The van der Waals surface area contributed by atoms with E-state index in [1.807, 2.05) is 6.92 Å². The molecule has 0 spiro atoms. The third-order valence-corrected chi connectivity index (χ3v) is 2.37. The Labute approximate surface area is 101 Å². The predicted molar refractivity (Wildman–Crippen MR) is 68.6 cm³/mol. The lowest BCUT2D eigenvalue weighted by Gasteiger charge is -2.13. The highest BCUT2D eigenvalue weighted by atomic mass is 32.1. The molecule has 0 aliphatic carbocycles. The molecule has 1 atom stereocenters. The number of benzene rings is 1. The van der Waals surface area contributed by atoms with E-state index in [1.54, 1.807) is 24.3 Å². The molecule has 2 nitrogen and oxygen atoms in total. The first-order valence-electron chi connectivity index (χ1n) is 5.04. The molecular weight excluding hydrogens is 223 g/mol. The molecule has 2 N–H and O–H groups in total. The van der Waals surface area contributed by atoms with Gasteiger partial charge < -0.3 is 10.6 Å². The maximum atomic E-state index is 13.2. The maximum absolute atomic E-state index is 13.2. The van der Waals surface area contributed by atoms with Crippen molar-refractivity contribution in [1.82, 2.24) is 10.6 Å². The van der Waals surface area contributed by atoms with Gasteiger partial charge in [-0.1, -0.05) is 24.3 Å². The quantitative estimate of drug-likeness (QED) is 0.622. The first-order valence-corrected chi connectivity index (χ1v) is 5.44. The molecule has 16 heavy (non-hydrogen) atoms. The molecule has 0 saturated carbocycles. The van der Waals surface area contributed by atoms with E-state index in [2.05, 4.69) is 17.2 Å². The highest BCUT2D eigenvalue weighted by Crippen LogP contribution is 2.05. The summed E-state index contributed by atoms with van der Waals surface area (Å²) in [5.74, 6) is -0.227. The average Bonchev–Trinajstić information content (AvgIpc) is 2.28. The van der Waals surface area contributed by atoms with Crippen molar-refractivity contribution in [3.63, 3.8) is 0 Å². The molecule has 4 heteroatoms. The Bertz CT molecular complexity index is 379. The Balaban J connectivity index is 2.43. The Kier molecular flexibility index (Phi) is 4.92. The molecule has 0 aliphatic rings. The second-order valence-electron chi connectivity index (χ2n) is 3.44. The van der Waals surface area contributed by atoms with Gasteiger partial charge >= 0.3 is 0 Å². The van der Waals surface area contributed by atoms with Crippen LogP contribution in [0.4, 0.5) is 4.39 Å². The van der Waals surface area contributed by atoms with Gasteiger partial charge in [0.15, 0.2) is 5.11 Å². The summed E-state index contributed by atoms with van der Waals surface area (Å²) >= 11 is 5.05. The summed E-state index contributed by atoms with van der Waals surface area (Å²) in [4.78, 5) is 0. The zero-order chi connectivity index (χ0) is 12.0. The van der Waals surface area contributed by atoms with Crippen LogP contribution in [0.15, 0.2) is 36.9 Å². The first-order chi connectivity index (χ1) is 7.63. The van der Waals surface area contributed by atoms with Gasteiger partial charge in [0.05, 0.1) is 0 Å². The van der Waals surface area contributed by atoms with Crippen LogP contribution in [0.3, 0.4) is 0 Å². The summed E-state index contributed by atoms with van der Waals surface area (Å²) in [6.07, 6.45) is 1.75. The molecule has 1 aromatic carbocycles. The van der Waals surface area contributed by atoms with Crippen LogP contribution in [0.2, 0.25) is 0 Å². The molecular formula is C12H15FN2S. The zero-order valence-electron chi connectivity index (χ0n) is 9.16. The molecule has 0 aliphatic heterocycles. The van der Waals surface area contributed by atoms with Crippen LogP contribution in [0.5, 0.6) is 0 Å². The van der Waals surface area contributed by atoms with Crippen LogP contribution >= 0.6 is 12.2 Å². The van der Waals surface area contributed by atoms with Crippen LogP contribution in [0.1, 0.15) is 12.5 Å². The molecule has 0 heterocycles. The summed E-state index contributed by atoms with van der Waals surface area (Å²) in [7, 11) is 0. The van der Waals surface area contributed by atoms with Gasteiger partial charge in [-0.3, -0.25) is 0 Å². The van der Waals surface area contributed by atoms with Gasteiger partial charge in [0.25, 0.3) is 0 Å². The van der Waals surface area contributed by atoms with Gasteiger partial charge in [-0.2, -0.15) is 0 Å². The fraction of sp³-hybridized carbons (Fsp3) is 0.250. The zero-order valence-corrected chi connectivity index (χ0v) is 9.98. The van der Waals surface area contributed by atoms with Gasteiger partial charge in [-0.05, 0) is 25.2 Å². The molecule has 1 rings (SSSR count). The van der Waals surface area contributed by atoms with Crippen molar-refractivity contribution >= 4 is 17.3 Å². The second-order valence-corrected chi connectivity index (χ2v) is 3.85. The van der Waals surface area contributed by atoms with Crippen molar-refractivity contribution in [2.24, 2.45) is 0 Å². The predicted octanol–water partition coefficient (Wildman–Crippen LogP) is 2.36. The molecule has 1 unspecified atom stereocenters. The molecule has 1 aromatic rings. The molecule has 0 saturated heterocycles. The minimum absolute atomic E-state index is 0.0978. The Morgan fingerprint density at radius 3 is 2.88 bits per heavy atom. The standard InChI is InChI=1S/C12H15FN2S/c1-3-9(2)15-12(16)14-8-10-6-4-5-7-11(10)13/h3-7,9H,1,8H2,2H3,(H2,14,15,16). The number of thiocarbonyl (C=S) groups is 1. The largest absolute Gasteiger partial charge is 0.359 e. The molecule has 0 aromatic heterocycles. The fourth-order valence-electron chi connectivity index (χ4n) is 1.13. The highest BCUT2D eigenvalue weighted by molar-refractivity contribution is 7.80. The minimum Gasteiger partial charge on any atom is -0.359 e. The van der Waals surface area contributed by atoms with E-state index in [9.17, 15) is 4.39 Å². The smallest absolute Gasteiger partial charge is 0.167 e. The summed E-state index contributed by atoms with van der Waals surface area (Å²) in [6, 6.07) is 6.71. The van der Waals surface area contributed by atoms with Gasteiger partial charge in [0.2, 0.25) is 0 Å². The van der Waals surface area contributed by atoms with Crippen molar-refractivity contribution < 1.29 is 4.39 Å². The monoisotopic (exact) mass is 238 g/mol. The van der Waals surface area contributed by atoms with Gasteiger partial charge in [-0.25, -0.2) is 4.39 Å². The van der Waals surface area contributed by atoms with E-state index >= 15 is 0 Å². The lowest BCUT2D eigenvalue weighted by Crippen LogP contribution is -2.39. The topological polar surface area (TPSA) is 24.1 Å². The Morgan fingerprint density at radius 2 is 2.25 bits per heavy atom. The lowest BCUT2D eigenvalue weighted by atomic mass is 10.2. The van der Waals surface area contributed by atoms with Crippen molar-refractivity contribution in [3.05, 3.63) is 48.3 Å². The fourth-order valence-corrected chi connectivity index (χ4v) is 1.39. The van der Waals surface area contributed by atoms with E-state index in [4.69, 9.17) is 12.2 Å². The van der Waals surface area contributed by atoms with Crippen LogP contribution in [-0.2, 0) is 6.54 Å². The Morgan fingerprint density at radius 1 is 1.56 bits per heavy atom. The molecule has 0 amide bonds. The van der Waals surface area contributed by atoms with Crippen LogP contribution in [-0.4, -0.2) is 11.2 Å². The molecule has 0 radical (unpaired) electrons. The number of nitrogens with one attached hydrogen (secondary N) is 2. The lowest BCUT2D eigenvalue weighted by molar-refractivity contribution is 0.605. The summed E-state index contributed by atoms with van der Waals surface area (Å²) in [5, 5.41) is 6.43. The Hall–Kier alpha value is -1.42. The van der Waals surface area contributed by atoms with E-state index in [0.29, 0.717) is 17.2 Å². The summed E-state index contributed by atoms with van der Waals surface area (Å²) in [6.45, 7) is 5.95. The molecule has 0 bridgehead atoms. The SMILES string of the molecule is C=CC(C)NC(=S)NCc1ccccc1F. The van der Waals surface area contributed by atoms with Gasteiger partial charge in [0.1, 0.15) is 5.82 Å². The van der Waals surface area contributed by atoms with Gasteiger partial charge in [-0.15, -0.1) is 6.58 Å². The average molecular weight is 238 g/mol. The number of hydrogen-bond acceptors (Lipinski definition) is 1. The van der Waals surface area contributed by atoms with Crippen LogP contribution in [0.25, 0.3) is 0 Å². The third-order valence-electron chi connectivity index (χ3n) is 2.11. The molecule has 0 fully saturated rings. The van der Waals surface area contributed by atoms with Crippen molar-refractivity contribution in [2.45, 2.75) is 19.5 Å². The van der Waals surface area contributed by atoms with E-state index in [1.165, 1.54) is 6.07 Å². The second kappa shape index (κ2) is 6.23. The highest BCUT2D eigenvalue weighted by Gasteiger charge is 2.02. The first kappa shape index (κ1) is 12.6. The minimum atomic E-state index is -0.227.